The molecule has 1 fully saturated rings. The van der Waals surface area contributed by atoms with Crippen LogP contribution >= 0.6 is 0 Å². The summed E-state index contributed by atoms with van der Waals surface area (Å²) in [5.41, 5.74) is 3.56. The van der Waals surface area contributed by atoms with Crippen LogP contribution in [0.5, 0.6) is 0 Å². The smallest absolute Gasteiger partial charge is 0.256 e. The second-order valence-corrected chi connectivity index (χ2v) is 7.59. The van der Waals surface area contributed by atoms with E-state index in [9.17, 15) is 4.79 Å². The summed E-state index contributed by atoms with van der Waals surface area (Å²) in [6, 6.07) is 20.9. The normalized spacial score (nSPS) is 18.5. The van der Waals surface area contributed by atoms with Crippen LogP contribution in [0.4, 0.5) is 0 Å². The molecule has 2 aromatic rings. The van der Waals surface area contributed by atoms with Gasteiger partial charge in [0.15, 0.2) is 0 Å². The molecule has 0 radical (unpaired) electrons. The maximum atomic E-state index is 12.6. The molecule has 2 heterocycles. The van der Waals surface area contributed by atoms with Crippen LogP contribution < -0.4 is 0 Å². The Morgan fingerprint density at radius 2 is 1.59 bits per heavy atom. The lowest BCUT2D eigenvalue weighted by atomic mass is 9.90. The van der Waals surface area contributed by atoms with Gasteiger partial charge in [0, 0.05) is 6.42 Å². The van der Waals surface area contributed by atoms with Crippen molar-refractivity contribution in [1.82, 2.24) is 9.91 Å². The average Bonchev–Trinajstić information content (AvgIpc) is 3.21. The third-order valence-corrected chi connectivity index (χ3v) is 5.63. The first-order valence-corrected chi connectivity index (χ1v) is 9.97. The number of amides is 1. The number of carbonyl (C=O) groups is 1. The van der Waals surface area contributed by atoms with Crippen LogP contribution in [0, 0.1) is 5.92 Å². The summed E-state index contributed by atoms with van der Waals surface area (Å²) in [4.78, 5) is 14.9. The predicted molar refractivity (Wildman–Crippen MR) is 109 cm³/mol. The van der Waals surface area contributed by atoms with E-state index in [0.717, 1.165) is 43.1 Å². The van der Waals surface area contributed by atoms with E-state index in [1.54, 1.807) is 5.01 Å². The molecule has 0 saturated carbocycles. The molecule has 0 aromatic heterocycles. The molecule has 4 nitrogen and oxygen atoms in total. The summed E-state index contributed by atoms with van der Waals surface area (Å²) in [7, 11) is 0. The van der Waals surface area contributed by atoms with Crippen molar-refractivity contribution in [3.8, 4) is 0 Å². The topological polar surface area (TPSA) is 35.9 Å². The summed E-state index contributed by atoms with van der Waals surface area (Å²) in [5, 5.41) is 6.23. The van der Waals surface area contributed by atoms with Crippen LogP contribution in [0.15, 0.2) is 65.8 Å². The molecular weight excluding hydrogens is 334 g/mol. The van der Waals surface area contributed by atoms with E-state index in [4.69, 9.17) is 0 Å². The minimum absolute atomic E-state index is 0.127. The summed E-state index contributed by atoms with van der Waals surface area (Å²) >= 11 is 0. The molecule has 0 atom stereocenters. The van der Waals surface area contributed by atoms with Crippen LogP contribution in [0.1, 0.15) is 30.4 Å². The summed E-state index contributed by atoms with van der Waals surface area (Å²) < 4.78 is 0. The molecule has 2 aliphatic rings. The molecule has 4 rings (SSSR count). The van der Waals surface area contributed by atoms with Gasteiger partial charge >= 0.3 is 0 Å². The molecular formula is C23H27N3O. The fourth-order valence-corrected chi connectivity index (χ4v) is 4.04. The lowest BCUT2D eigenvalue weighted by Crippen LogP contribution is -2.41. The van der Waals surface area contributed by atoms with E-state index in [1.165, 1.54) is 18.4 Å². The molecule has 0 aliphatic carbocycles. The first-order valence-electron chi connectivity index (χ1n) is 9.97. The van der Waals surface area contributed by atoms with Crippen molar-refractivity contribution in [2.75, 3.05) is 26.2 Å². The van der Waals surface area contributed by atoms with Crippen molar-refractivity contribution in [1.29, 1.82) is 0 Å². The van der Waals surface area contributed by atoms with Gasteiger partial charge in [-0.05, 0) is 49.4 Å². The minimum atomic E-state index is 0.127. The number of piperidine rings is 1. The van der Waals surface area contributed by atoms with Gasteiger partial charge in [-0.1, -0.05) is 60.7 Å². The van der Waals surface area contributed by atoms with Gasteiger partial charge in [-0.15, -0.1) is 0 Å². The second-order valence-electron chi connectivity index (χ2n) is 7.59. The molecule has 4 heteroatoms. The Kier molecular flexibility index (Phi) is 5.64. The van der Waals surface area contributed by atoms with Crippen molar-refractivity contribution in [2.24, 2.45) is 11.0 Å². The summed E-state index contributed by atoms with van der Waals surface area (Å²) in [5.74, 6) is 0.857. The quantitative estimate of drug-likeness (QED) is 0.816. The standard InChI is InChI=1S/C23H27N3O/c27-23(26-16-13-22(24-26)21-9-5-2-6-10-21)18-25-14-11-20(12-15-25)17-19-7-3-1-4-8-19/h1-10,20H,11-18H2. The van der Waals surface area contributed by atoms with Gasteiger partial charge in [0.05, 0.1) is 18.8 Å². The van der Waals surface area contributed by atoms with E-state index in [1.807, 2.05) is 18.2 Å². The van der Waals surface area contributed by atoms with E-state index in [-0.39, 0.29) is 5.91 Å². The number of carbonyl (C=O) groups excluding carboxylic acids is 1. The van der Waals surface area contributed by atoms with Crippen LogP contribution in [0.2, 0.25) is 0 Å². The highest BCUT2D eigenvalue weighted by molar-refractivity contribution is 6.02. The zero-order chi connectivity index (χ0) is 18.5. The zero-order valence-corrected chi connectivity index (χ0v) is 15.8. The van der Waals surface area contributed by atoms with Crippen LogP contribution in [0.3, 0.4) is 0 Å². The van der Waals surface area contributed by atoms with Gasteiger partial charge in [0.2, 0.25) is 0 Å². The molecule has 0 N–H and O–H groups in total. The number of likely N-dealkylation sites (tertiary alicyclic amines) is 1. The Morgan fingerprint density at radius 1 is 0.926 bits per heavy atom. The molecule has 1 amide bonds. The fraction of sp³-hybridized carbons (Fsp3) is 0.391. The molecule has 1 saturated heterocycles. The molecule has 0 unspecified atom stereocenters. The van der Waals surface area contributed by atoms with Gasteiger partial charge in [-0.25, -0.2) is 5.01 Å². The largest absolute Gasteiger partial charge is 0.294 e. The number of rotatable bonds is 5. The maximum Gasteiger partial charge on any atom is 0.256 e. The predicted octanol–water partition coefficient (Wildman–Crippen LogP) is 3.58. The Bertz CT molecular complexity index is 780. The highest BCUT2D eigenvalue weighted by atomic mass is 16.2. The first-order chi connectivity index (χ1) is 13.3. The van der Waals surface area contributed by atoms with Crippen molar-refractivity contribution in [2.45, 2.75) is 25.7 Å². The Labute approximate surface area is 161 Å². The van der Waals surface area contributed by atoms with Gasteiger partial charge in [-0.3, -0.25) is 9.69 Å². The van der Waals surface area contributed by atoms with E-state index >= 15 is 0 Å². The number of benzene rings is 2. The SMILES string of the molecule is O=C(CN1CCC(Cc2ccccc2)CC1)N1CCC(c2ccccc2)=N1. The maximum absolute atomic E-state index is 12.6. The Balaban J connectivity index is 1.26. The summed E-state index contributed by atoms with van der Waals surface area (Å²) in [6.45, 7) is 3.20. The van der Waals surface area contributed by atoms with Crippen LogP contribution in [-0.2, 0) is 11.2 Å². The third-order valence-electron chi connectivity index (χ3n) is 5.63. The monoisotopic (exact) mass is 361 g/mol. The molecule has 2 aliphatic heterocycles. The number of hydrogen-bond donors (Lipinski definition) is 0. The molecule has 0 bridgehead atoms. The zero-order valence-electron chi connectivity index (χ0n) is 15.8. The van der Waals surface area contributed by atoms with Gasteiger partial charge in [0.25, 0.3) is 5.91 Å². The molecule has 2 aromatic carbocycles. The average molecular weight is 361 g/mol. The van der Waals surface area contributed by atoms with Crippen molar-refractivity contribution >= 4 is 11.6 Å². The summed E-state index contributed by atoms with van der Waals surface area (Å²) in [6.07, 6.45) is 4.33. The number of nitrogens with zero attached hydrogens (tertiary/aromatic N) is 3. The highest BCUT2D eigenvalue weighted by Gasteiger charge is 2.25. The van der Waals surface area contributed by atoms with E-state index in [0.29, 0.717) is 13.1 Å². The highest BCUT2D eigenvalue weighted by Crippen LogP contribution is 2.22. The number of hydrazone groups is 1. The molecule has 0 spiro atoms. The van der Waals surface area contributed by atoms with Gasteiger partial charge in [0.1, 0.15) is 0 Å². The van der Waals surface area contributed by atoms with Crippen LogP contribution in [0.25, 0.3) is 0 Å². The number of hydrogen-bond acceptors (Lipinski definition) is 3. The third kappa shape index (κ3) is 4.64. The van der Waals surface area contributed by atoms with Crippen molar-refractivity contribution < 1.29 is 4.79 Å². The Hall–Kier alpha value is -2.46. The second kappa shape index (κ2) is 8.49. The van der Waals surface area contributed by atoms with Crippen molar-refractivity contribution in [3.05, 3.63) is 71.8 Å². The van der Waals surface area contributed by atoms with Gasteiger partial charge in [-0.2, -0.15) is 5.10 Å². The molecule has 27 heavy (non-hydrogen) atoms. The lowest BCUT2D eigenvalue weighted by molar-refractivity contribution is -0.132. The van der Waals surface area contributed by atoms with E-state index < -0.39 is 0 Å². The van der Waals surface area contributed by atoms with Crippen LogP contribution in [-0.4, -0.2) is 47.7 Å². The lowest BCUT2D eigenvalue weighted by Gasteiger charge is -2.32. The van der Waals surface area contributed by atoms with Crippen molar-refractivity contribution in [3.63, 3.8) is 0 Å². The first kappa shape index (κ1) is 17.9. The minimum Gasteiger partial charge on any atom is -0.294 e. The fourth-order valence-electron chi connectivity index (χ4n) is 4.04. The molecule has 140 valence electrons. The van der Waals surface area contributed by atoms with E-state index in [2.05, 4.69) is 52.5 Å². The Morgan fingerprint density at radius 3 is 2.30 bits per heavy atom. The van der Waals surface area contributed by atoms with Gasteiger partial charge < -0.3 is 0 Å².